The number of rotatable bonds is 2. The lowest BCUT2D eigenvalue weighted by molar-refractivity contribution is 0.102. The molecule has 2 aromatic heterocycles. The number of carbonyl (C=O) groups is 1. The van der Waals surface area contributed by atoms with Gasteiger partial charge in [0, 0.05) is 23.5 Å². The molecule has 4 nitrogen and oxygen atoms in total. The third-order valence-electron chi connectivity index (χ3n) is 2.82. The first-order chi connectivity index (χ1) is 9.24. The molecule has 3 rings (SSSR count). The summed E-state index contributed by atoms with van der Waals surface area (Å²) in [5.74, 6) is -0.162. The fourth-order valence-corrected chi connectivity index (χ4v) is 2.21. The van der Waals surface area contributed by atoms with Gasteiger partial charge in [0.05, 0.1) is 5.69 Å². The van der Waals surface area contributed by atoms with Gasteiger partial charge in [-0.15, -0.1) is 0 Å². The second kappa shape index (κ2) is 4.85. The average molecular weight is 316 g/mol. The Morgan fingerprint density at radius 3 is 3.00 bits per heavy atom. The normalized spacial score (nSPS) is 10.6. The van der Waals surface area contributed by atoms with Crippen LogP contribution in [0.4, 0.5) is 5.69 Å². The third kappa shape index (κ3) is 2.37. The summed E-state index contributed by atoms with van der Waals surface area (Å²) >= 11 is 3.30. The Morgan fingerprint density at radius 2 is 2.16 bits per heavy atom. The maximum atomic E-state index is 12.2. The second-order valence-corrected chi connectivity index (χ2v) is 4.83. The van der Waals surface area contributed by atoms with Crippen molar-refractivity contribution in [2.75, 3.05) is 5.32 Å². The van der Waals surface area contributed by atoms with Crippen LogP contribution in [-0.4, -0.2) is 15.9 Å². The Labute approximate surface area is 118 Å². The molecule has 2 heterocycles. The lowest BCUT2D eigenvalue weighted by Gasteiger charge is -2.06. The van der Waals surface area contributed by atoms with E-state index >= 15 is 0 Å². The summed E-state index contributed by atoms with van der Waals surface area (Å²) in [6.07, 6.45) is 3.51. The van der Waals surface area contributed by atoms with Gasteiger partial charge >= 0.3 is 0 Å². The minimum atomic E-state index is -0.162. The van der Waals surface area contributed by atoms with Gasteiger partial charge in [0.15, 0.2) is 0 Å². The fourth-order valence-electron chi connectivity index (χ4n) is 1.86. The molecule has 0 fully saturated rings. The highest BCUT2D eigenvalue weighted by Crippen LogP contribution is 2.20. The van der Waals surface area contributed by atoms with Gasteiger partial charge in [-0.25, -0.2) is 4.98 Å². The number of H-pyrrole nitrogens is 1. The first-order valence-electron chi connectivity index (χ1n) is 5.73. The van der Waals surface area contributed by atoms with E-state index in [0.717, 1.165) is 10.9 Å². The van der Waals surface area contributed by atoms with Crippen molar-refractivity contribution in [1.29, 1.82) is 0 Å². The third-order valence-corrected chi connectivity index (χ3v) is 3.46. The van der Waals surface area contributed by atoms with E-state index in [4.69, 9.17) is 0 Å². The Balaban J connectivity index is 1.89. The zero-order chi connectivity index (χ0) is 13.2. The second-order valence-electron chi connectivity index (χ2n) is 4.08. The van der Waals surface area contributed by atoms with Gasteiger partial charge < -0.3 is 10.3 Å². The SMILES string of the molecule is O=C(Nc1cccnc1Br)c1ccc2cc[nH]c2c1. The predicted molar refractivity (Wildman–Crippen MR) is 78.2 cm³/mol. The summed E-state index contributed by atoms with van der Waals surface area (Å²) in [6.45, 7) is 0. The highest BCUT2D eigenvalue weighted by atomic mass is 79.9. The van der Waals surface area contributed by atoms with Gasteiger partial charge in [-0.3, -0.25) is 4.79 Å². The number of nitrogens with one attached hydrogen (secondary N) is 2. The zero-order valence-electron chi connectivity index (χ0n) is 9.85. The first kappa shape index (κ1) is 11.9. The highest BCUT2D eigenvalue weighted by Gasteiger charge is 2.09. The predicted octanol–water partition coefficient (Wildman–Crippen LogP) is 3.58. The highest BCUT2D eigenvalue weighted by molar-refractivity contribution is 9.10. The zero-order valence-corrected chi connectivity index (χ0v) is 11.4. The van der Waals surface area contributed by atoms with E-state index < -0.39 is 0 Å². The van der Waals surface area contributed by atoms with Gasteiger partial charge in [-0.2, -0.15) is 0 Å². The van der Waals surface area contributed by atoms with Crippen molar-refractivity contribution in [2.45, 2.75) is 0 Å². The molecule has 0 aliphatic heterocycles. The van der Waals surface area contributed by atoms with E-state index in [1.54, 1.807) is 24.4 Å². The maximum Gasteiger partial charge on any atom is 0.255 e. The van der Waals surface area contributed by atoms with Crippen LogP contribution in [0.25, 0.3) is 10.9 Å². The molecule has 0 saturated carbocycles. The number of pyridine rings is 1. The van der Waals surface area contributed by atoms with Crippen LogP contribution in [0.3, 0.4) is 0 Å². The molecule has 0 radical (unpaired) electrons. The lowest BCUT2D eigenvalue weighted by atomic mass is 10.1. The molecular formula is C14H10BrN3O. The smallest absolute Gasteiger partial charge is 0.255 e. The molecule has 2 N–H and O–H groups in total. The standard InChI is InChI=1S/C14H10BrN3O/c15-13-11(2-1-6-17-13)18-14(19)10-4-3-9-5-7-16-12(9)8-10/h1-8,16H,(H,18,19). The average Bonchev–Trinajstić information content (AvgIpc) is 2.88. The number of carbonyl (C=O) groups excluding carboxylic acids is 1. The number of aromatic amines is 1. The summed E-state index contributed by atoms with van der Waals surface area (Å²) < 4.78 is 0.615. The minimum absolute atomic E-state index is 0.162. The van der Waals surface area contributed by atoms with Crippen LogP contribution in [0.5, 0.6) is 0 Å². The van der Waals surface area contributed by atoms with Crippen LogP contribution in [0, 0.1) is 0 Å². The Bertz CT molecular complexity index is 751. The van der Waals surface area contributed by atoms with Gasteiger partial charge in [0.25, 0.3) is 5.91 Å². The van der Waals surface area contributed by atoms with E-state index in [-0.39, 0.29) is 5.91 Å². The van der Waals surface area contributed by atoms with E-state index in [2.05, 4.69) is 31.2 Å². The molecule has 5 heteroatoms. The molecule has 0 bridgehead atoms. The van der Waals surface area contributed by atoms with Crippen molar-refractivity contribution in [3.63, 3.8) is 0 Å². The molecule has 0 atom stereocenters. The number of benzene rings is 1. The topological polar surface area (TPSA) is 57.8 Å². The molecule has 1 aromatic carbocycles. The largest absolute Gasteiger partial charge is 0.361 e. The molecule has 3 aromatic rings. The number of aromatic nitrogens is 2. The molecule has 94 valence electrons. The van der Waals surface area contributed by atoms with Crippen molar-refractivity contribution in [3.8, 4) is 0 Å². The van der Waals surface area contributed by atoms with Gasteiger partial charge in [0.1, 0.15) is 4.60 Å². The van der Waals surface area contributed by atoms with Crippen LogP contribution in [0.15, 0.2) is 53.4 Å². The number of fused-ring (bicyclic) bond motifs is 1. The minimum Gasteiger partial charge on any atom is -0.361 e. The summed E-state index contributed by atoms with van der Waals surface area (Å²) in [7, 11) is 0. The number of halogens is 1. The van der Waals surface area contributed by atoms with E-state index in [1.165, 1.54) is 0 Å². The van der Waals surface area contributed by atoms with Crippen molar-refractivity contribution in [2.24, 2.45) is 0 Å². The molecule has 0 aliphatic carbocycles. The number of hydrogen-bond acceptors (Lipinski definition) is 2. The van der Waals surface area contributed by atoms with Gasteiger partial charge in [0.2, 0.25) is 0 Å². The van der Waals surface area contributed by atoms with Crippen molar-refractivity contribution >= 4 is 38.4 Å². The van der Waals surface area contributed by atoms with Crippen LogP contribution < -0.4 is 5.32 Å². The van der Waals surface area contributed by atoms with Crippen LogP contribution >= 0.6 is 15.9 Å². The van der Waals surface area contributed by atoms with Crippen LogP contribution in [0.2, 0.25) is 0 Å². The van der Waals surface area contributed by atoms with Gasteiger partial charge in [-0.05, 0) is 51.6 Å². The number of amides is 1. The Kier molecular flexibility index (Phi) is 3.05. The molecule has 0 saturated heterocycles. The van der Waals surface area contributed by atoms with E-state index in [1.807, 2.05) is 24.4 Å². The van der Waals surface area contributed by atoms with Crippen molar-refractivity contribution < 1.29 is 4.79 Å². The van der Waals surface area contributed by atoms with E-state index in [9.17, 15) is 4.79 Å². The van der Waals surface area contributed by atoms with Crippen molar-refractivity contribution in [3.05, 3.63) is 59.0 Å². The summed E-state index contributed by atoms with van der Waals surface area (Å²) in [6, 6.07) is 11.1. The van der Waals surface area contributed by atoms with Gasteiger partial charge in [-0.1, -0.05) is 6.07 Å². The molecule has 1 amide bonds. The van der Waals surface area contributed by atoms with Crippen LogP contribution in [-0.2, 0) is 0 Å². The fraction of sp³-hybridized carbons (Fsp3) is 0. The Morgan fingerprint density at radius 1 is 1.26 bits per heavy atom. The molecule has 19 heavy (non-hydrogen) atoms. The van der Waals surface area contributed by atoms with E-state index in [0.29, 0.717) is 15.9 Å². The summed E-state index contributed by atoms with van der Waals surface area (Å²) in [5, 5.41) is 3.90. The number of anilines is 1. The number of hydrogen-bond donors (Lipinski definition) is 2. The van der Waals surface area contributed by atoms with Crippen molar-refractivity contribution in [1.82, 2.24) is 9.97 Å². The Hall–Kier alpha value is -2.14. The monoisotopic (exact) mass is 315 g/mol. The maximum absolute atomic E-state index is 12.2. The lowest BCUT2D eigenvalue weighted by Crippen LogP contribution is -2.12. The molecule has 0 aliphatic rings. The van der Waals surface area contributed by atoms with Crippen LogP contribution in [0.1, 0.15) is 10.4 Å². The molecule has 0 unspecified atom stereocenters. The quantitative estimate of drug-likeness (QED) is 0.710. The first-order valence-corrected chi connectivity index (χ1v) is 6.52. The summed E-state index contributed by atoms with van der Waals surface area (Å²) in [5.41, 5.74) is 2.20. The molecular weight excluding hydrogens is 306 g/mol. The summed E-state index contributed by atoms with van der Waals surface area (Å²) in [4.78, 5) is 19.3. The number of nitrogens with zero attached hydrogens (tertiary/aromatic N) is 1. The molecule has 0 spiro atoms.